The average molecular weight is 224 g/mol. The van der Waals surface area contributed by atoms with Crippen molar-refractivity contribution in [2.75, 3.05) is 6.54 Å². The summed E-state index contributed by atoms with van der Waals surface area (Å²) in [5, 5.41) is 2.91. The van der Waals surface area contributed by atoms with E-state index in [4.69, 9.17) is 10.2 Å². The largest absolute Gasteiger partial charge is 0.467 e. The Hall–Kier alpha value is -1.29. The van der Waals surface area contributed by atoms with Crippen molar-refractivity contribution in [2.24, 2.45) is 11.1 Å². The number of carbonyl (C=O) groups is 1. The van der Waals surface area contributed by atoms with Gasteiger partial charge in [0.2, 0.25) is 5.91 Å². The number of hydrogen-bond acceptors (Lipinski definition) is 3. The van der Waals surface area contributed by atoms with Crippen LogP contribution in [0.2, 0.25) is 0 Å². The molecule has 0 saturated carbocycles. The zero-order chi connectivity index (χ0) is 12.2. The lowest BCUT2D eigenvalue weighted by atomic mass is 9.86. The number of nitrogens with one attached hydrogen (secondary N) is 1. The van der Waals surface area contributed by atoms with E-state index in [1.54, 1.807) is 12.3 Å². The minimum absolute atomic E-state index is 0.0265. The summed E-state index contributed by atoms with van der Waals surface area (Å²) in [6.07, 6.45) is 2.32. The van der Waals surface area contributed by atoms with Crippen LogP contribution >= 0.6 is 0 Å². The van der Waals surface area contributed by atoms with Gasteiger partial charge in [0.05, 0.1) is 17.7 Å². The molecular formula is C12H20N2O2. The number of nitrogens with two attached hydrogens (primary N) is 1. The van der Waals surface area contributed by atoms with Gasteiger partial charge in [-0.3, -0.25) is 4.79 Å². The van der Waals surface area contributed by atoms with Crippen LogP contribution in [0, 0.1) is 5.41 Å². The van der Waals surface area contributed by atoms with E-state index in [1.165, 1.54) is 0 Å². The Morgan fingerprint density at radius 2 is 2.38 bits per heavy atom. The molecule has 0 spiro atoms. The van der Waals surface area contributed by atoms with Gasteiger partial charge in [-0.1, -0.05) is 6.92 Å². The first-order chi connectivity index (χ1) is 7.53. The molecular weight excluding hydrogens is 204 g/mol. The summed E-state index contributed by atoms with van der Waals surface area (Å²) in [7, 11) is 0. The monoisotopic (exact) mass is 224 g/mol. The van der Waals surface area contributed by atoms with Crippen molar-refractivity contribution in [2.45, 2.75) is 33.2 Å². The van der Waals surface area contributed by atoms with Gasteiger partial charge in [0.25, 0.3) is 0 Å². The van der Waals surface area contributed by atoms with Crippen molar-refractivity contribution in [1.29, 1.82) is 0 Å². The fourth-order valence-corrected chi connectivity index (χ4v) is 1.38. The second kappa shape index (κ2) is 5.16. The van der Waals surface area contributed by atoms with E-state index in [0.717, 1.165) is 12.2 Å². The van der Waals surface area contributed by atoms with E-state index >= 15 is 0 Å². The first kappa shape index (κ1) is 12.8. The molecule has 0 aliphatic carbocycles. The van der Waals surface area contributed by atoms with Crippen LogP contribution in [0.5, 0.6) is 0 Å². The van der Waals surface area contributed by atoms with Gasteiger partial charge < -0.3 is 15.5 Å². The highest BCUT2D eigenvalue weighted by atomic mass is 16.3. The van der Waals surface area contributed by atoms with E-state index in [-0.39, 0.29) is 11.9 Å². The Morgan fingerprint density at radius 1 is 1.69 bits per heavy atom. The van der Waals surface area contributed by atoms with Gasteiger partial charge in [0, 0.05) is 6.54 Å². The van der Waals surface area contributed by atoms with Crippen molar-refractivity contribution >= 4 is 5.91 Å². The lowest BCUT2D eigenvalue weighted by molar-refractivity contribution is -0.130. The maximum atomic E-state index is 12.0. The quantitative estimate of drug-likeness (QED) is 0.801. The molecule has 2 atom stereocenters. The maximum absolute atomic E-state index is 12.0. The standard InChI is InChI=1S/C12H20N2O2/c1-4-12(3,8-13)11(15)14-9(2)10-6-5-7-16-10/h5-7,9H,4,8,13H2,1-3H3,(H,14,15)/t9-,12?/m1/s1. The molecule has 0 saturated heterocycles. The summed E-state index contributed by atoms with van der Waals surface area (Å²) < 4.78 is 5.23. The lowest BCUT2D eigenvalue weighted by Crippen LogP contribution is -2.44. The van der Waals surface area contributed by atoms with Crippen molar-refractivity contribution in [1.82, 2.24) is 5.32 Å². The molecule has 4 heteroatoms. The number of furan rings is 1. The molecule has 0 aromatic carbocycles. The predicted octanol–water partition coefficient (Wildman–Crippen LogP) is 1.83. The van der Waals surface area contributed by atoms with Gasteiger partial charge in [-0.25, -0.2) is 0 Å². The third-order valence-electron chi connectivity index (χ3n) is 3.10. The molecule has 0 aliphatic heterocycles. The summed E-state index contributed by atoms with van der Waals surface area (Å²) in [6.45, 7) is 6.07. The zero-order valence-corrected chi connectivity index (χ0v) is 10.1. The summed E-state index contributed by atoms with van der Waals surface area (Å²) in [5.41, 5.74) is 5.13. The van der Waals surface area contributed by atoms with Crippen molar-refractivity contribution in [3.63, 3.8) is 0 Å². The highest BCUT2D eigenvalue weighted by Gasteiger charge is 2.30. The minimum atomic E-state index is -0.499. The Morgan fingerprint density at radius 3 is 2.81 bits per heavy atom. The van der Waals surface area contributed by atoms with Gasteiger partial charge in [-0.2, -0.15) is 0 Å². The van der Waals surface area contributed by atoms with Gasteiger partial charge in [-0.15, -0.1) is 0 Å². The van der Waals surface area contributed by atoms with Crippen LogP contribution in [0.1, 0.15) is 39.0 Å². The molecule has 3 N–H and O–H groups in total. The molecule has 16 heavy (non-hydrogen) atoms. The average Bonchev–Trinajstić information content (AvgIpc) is 2.81. The van der Waals surface area contributed by atoms with E-state index in [9.17, 15) is 4.79 Å². The fourth-order valence-electron chi connectivity index (χ4n) is 1.38. The molecule has 0 aliphatic rings. The molecule has 0 radical (unpaired) electrons. The van der Waals surface area contributed by atoms with Crippen molar-refractivity contribution < 1.29 is 9.21 Å². The second-order valence-corrected chi connectivity index (χ2v) is 4.33. The molecule has 0 bridgehead atoms. The van der Waals surface area contributed by atoms with E-state index in [1.807, 2.05) is 26.8 Å². The highest BCUT2D eigenvalue weighted by Crippen LogP contribution is 2.21. The minimum Gasteiger partial charge on any atom is -0.467 e. The fraction of sp³-hybridized carbons (Fsp3) is 0.583. The van der Waals surface area contributed by atoms with E-state index in [0.29, 0.717) is 6.54 Å². The zero-order valence-electron chi connectivity index (χ0n) is 10.1. The first-order valence-electron chi connectivity index (χ1n) is 5.58. The van der Waals surface area contributed by atoms with Crippen molar-refractivity contribution in [3.8, 4) is 0 Å². The van der Waals surface area contributed by atoms with Crippen LogP contribution in [0.15, 0.2) is 22.8 Å². The number of carbonyl (C=O) groups excluding carboxylic acids is 1. The Bertz CT molecular complexity index is 329. The summed E-state index contributed by atoms with van der Waals surface area (Å²) in [5.74, 6) is 0.727. The molecule has 90 valence electrons. The van der Waals surface area contributed by atoms with E-state index < -0.39 is 5.41 Å². The molecule has 1 amide bonds. The van der Waals surface area contributed by atoms with Gasteiger partial charge in [0.1, 0.15) is 5.76 Å². The maximum Gasteiger partial charge on any atom is 0.227 e. The Balaban J connectivity index is 2.64. The predicted molar refractivity (Wildman–Crippen MR) is 62.7 cm³/mol. The second-order valence-electron chi connectivity index (χ2n) is 4.33. The highest BCUT2D eigenvalue weighted by molar-refractivity contribution is 5.82. The molecule has 1 aromatic rings. The van der Waals surface area contributed by atoms with Crippen LogP contribution in [-0.4, -0.2) is 12.5 Å². The van der Waals surface area contributed by atoms with Crippen LogP contribution in [0.25, 0.3) is 0 Å². The third-order valence-corrected chi connectivity index (χ3v) is 3.10. The smallest absolute Gasteiger partial charge is 0.227 e. The summed E-state index contributed by atoms with van der Waals surface area (Å²) >= 11 is 0. The number of rotatable bonds is 5. The molecule has 1 heterocycles. The molecule has 1 rings (SSSR count). The summed E-state index contributed by atoms with van der Waals surface area (Å²) in [4.78, 5) is 12.0. The van der Waals surface area contributed by atoms with Gasteiger partial charge >= 0.3 is 0 Å². The molecule has 1 aromatic heterocycles. The van der Waals surface area contributed by atoms with Crippen LogP contribution in [0.3, 0.4) is 0 Å². The van der Waals surface area contributed by atoms with Gasteiger partial charge in [-0.05, 0) is 32.4 Å². The van der Waals surface area contributed by atoms with Gasteiger partial charge in [0.15, 0.2) is 0 Å². The topological polar surface area (TPSA) is 68.3 Å². The lowest BCUT2D eigenvalue weighted by Gasteiger charge is -2.26. The van der Waals surface area contributed by atoms with Crippen LogP contribution in [-0.2, 0) is 4.79 Å². The Kier molecular flexibility index (Phi) is 4.12. The number of amides is 1. The van der Waals surface area contributed by atoms with Crippen LogP contribution < -0.4 is 11.1 Å². The van der Waals surface area contributed by atoms with E-state index in [2.05, 4.69) is 5.32 Å². The Labute approximate surface area is 96.2 Å². The molecule has 4 nitrogen and oxygen atoms in total. The normalized spacial score (nSPS) is 16.5. The first-order valence-corrected chi connectivity index (χ1v) is 5.58. The molecule has 0 fully saturated rings. The SMILES string of the molecule is CCC(C)(CN)C(=O)N[C@H](C)c1ccco1. The number of hydrogen-bond donors (Lipinski definition) is 2. The summed E-state index contributed by atoms with van der Waals surface area (Å²) in [6, 6.07) is 3.52. The third kappa shape index (κ3) is 2.64. The van der Waals surface area contributed by atoms with Crippen LogP contribution in [0.4, 0.5) is 0 Å². The molecule has 1 unspecified atom stereocenters. The van der Waals surface area contributed by atoms with Crippen molar-refractivity contribution in [3.05, 3.63) is 24.2 Å².